The maximum Gasteiger partial charge on any atom is 0.307 e. The van der Waals surface area contributed by atoms with Gasteiger partial charge in [-0.25, -0.2) is 0 Å². The fourth-order valence-electron chi connectivity index (χ4n) is 2.25. The van der Waals surface area contributed by atoms with Crippen LogP contribution in [0.2, 0.25) is 0 Å². The summed E-state index contributed by atoms with van der Waals surface area (Å²) in [5.74, 6) is -2.46. The molecular weight excluding hydrogens is 470 g/mol. The monoisotopic (exact) mass is 479 g/mol. The molecule has 1 amide bonds. The van der Waals surface area contributed by atoms with Gasteiger partial charge in [0.05, 0.1) is 17.5 Å². The Morgan fingerprint density at radius 3 is 2.10 bits per heavy atom. The predicted octanol–water partition coefficient (Wildman–Crippen LogP) is 4.58. The molecule has 1 aliphatic carbocycles. The number of carbonyl (C=O) groups is 2. The molecule has 0 bridgehead atoms. The van der Waals surface area contributed by atoms with Crippen LogP contribution in [0.4, 0.5) is 5.69 Å². The Hall–Kier alpha value is -0.660. The summed E-state index contributed by atoms with van der Waals surface area (Å²) >= 11 is 10.1. The number of rotatable bonds is 3. The van der Waals surface area contributed by atoms with Crippen molar-refractivity contribution in [3.05, 3.63) is 37.7 Å². The lowest BCUT2D eigenvalue weighted by molar-refractivity contribution is -0.146. The van der Waals surface area contributed by atoms with E-state index in [0.717, 1.165) is 13.4 Å². The van der Waals surface area contributed by atoms with E-state index >= 15 is 0 Å². The molecule has 0 heterocycles. The Kier molecular flexibility index (Phi) is 5.62. The van der Waals surface area contributed by atoms with E-state index in [2.05, 4.69) is 53.1 Å². The fraction of sp³-hybridized carbons (Fsp3) is 0.286. The van der Waals surface area contributed by atoms with E-state index in [1.54, 1.807) is 0 Å². The number of benzene rings is 1. The Bertz CT molecular complexity index is 592. The van der Waals surface area contributed by atoms with Gasteiger partial charge in [-0.05, 0) is 56.8 Å². The van der Waals surface area contributed by atoms with Crippen molar-refractivity contribution in [3.8, 4) is 0 Å². The molecule has 2 N–H and O–H groups in total. The molecule has 112 valence electrons. The number of aliphatic carboxylic acids is 1. The molecule has 0 aliphatic heterocycles. The maximum absolute atomic E-state index is 12.4. The number of carboxylic acid groups (broad SMARTS) is 1. The minimum Gasteiger partial charge on any atom is -0.481 e. The van der Waals surface area contributed by atoms with Crippen molar-refractivity contribution in [2.24, 2.45) is 11.8 Å². The third-order valence-corrected chi connectivity index (χ3v) is 5.05. The molecule has 7 heteroatoms. The van der Waals surface area contributed by atoms with Crippen molar-refractivity contribution < 1.29 is 14.7 Å². The van der Waals surface area contributed by atoms with Gasteiger partial charge < -0.3 is 10.4 Å². The number of carboxylic acids is 1. The molecule has 21 heavy (non-hydrogen) atoms. The molecule has 0 aromatic heterocycles. The highest BCUT2D eigenvalue weighted by atomic mass is 79.9. The van der Waals surface area contributed by atoms with Crippen LogP contribution in [0.3, 0.4) is 0 Å². The number of hydrogen-bond donors (Lipinski definition) is 2. The van der Waals surface area contributed by atoms with E-state index in [-0.39, 0.29) is 5.91 Å². The minimum atomic E-state index is -0.937. The third-order valence-electron chi connectivity index (χ3n) is 3.34. The Balaban J connectivity index is 2.21. The number of anilines is 1. The Morgan fingerprint density at radius 1 is 1.05 bits per heavy atom. The summed E-state index contributed by atoms with van der Waals surface area (Å²) in [5.41, 5.74) is 0.599. The maximum atomic E-state index is 12.4. The summed E-state index contributed by atoms with van der Waals surface area (Å²) < 4.78 is 2.30. The lowest BCUT2D eigenvalue weighted by Gasteiger charge is -2.24. The molecule has 2 atom stereocenters. The van der Waals surface area contributed by atoms with Gasteiger partial charge in [-0.15, -0.1) is 0 Å². The van der Waals surface area contributed by atoms with Crippen molar-refractivity contribution in [3.63, 3.8) is 0 Å². The average Bonchev–Trinajstić information content (AvgIpc) is 2.42. The fourth-order valence-corrected chi connectivity index (χ4v) is 4.71. The van der Waals surface area contributed by atoms with Crippen LogP contribution in [0, 0.1) is 11.8 Å². The Labute approximate surface area is 147 Å². The molecule has 0 fully saturated rings. The highest BCUT2D eigenvalue weighted by molar-refractivity contribution is 9.11. The van der Waals surface area contributed by atoms with E-state index in [1.807, 2.05) is 24.3 Å². The molecule has 1 aromatic carbocycles. The van der Waals surface area contributed by atoms with Crippen molar-refractivity contribution in [1.82, 2.24) is 0 Å². The van der Waals surface area contributed by atoms with Gasteiger partial charge in [0.2, 0.25) is 5.91 Å². The van der Waals surface area contributed by atoms with Crippen LogP contribution in [0.25, 0.3) is 0 Å². The zero-order valence-electron chi connectivity index (χ0n) is 10.8. The molecule has 0 spiro atoms. The van der Waals surface area contributed by atoms with Gasteiger partial charge >= 0.3 is 5.97 Å². The van der Waals surface area contributed by atoms with Crippen molar-refractivity contribution in [2.75, 3.05) is 5.32 Å². The molecule has 1 aliphatic rings. The van der Waals surface area contributed by atoms with Crippen LogP contribution in [0.5, 0.6) is 0 Å². The average molecular weight is 482 g/mol. The molecule has 4 nitrogen and oxygen atoms in total. The lowest BCUT2D eigenvalue weighted by Crippen LogP contribution is -2.34. The SMILES string of the molecule is O=C(O)[C@H]1CC=CC[C@H]1C(=O)Nc1c(Br)cc(Br)cc1Br. The van der Waals surface area contributed by atoms with E-state index < -0.39 is 17.8 Å². The van der Waals surface area contributed by atoms with Crippen LogP contribution >= 0.6 is 47.8 Å². The third kappa shape index (κ3) is 3.96. The first-order chi connectivity index (χ1) is 9.90. The predicted molar refractivity (Wildman–Crippen MR) is 91.2 cm³/mol. The summed E-state index contributed by atoms with van der Waals surface area (Å²) in [7, 11) is 0. The first-order valence-electron chi connectivity index (χ1n) is 6.23. The zero-order chi connectivity index (χ0) is 15.6. The van der Waals surface area contributed by atoms with Crippen molar-refractivity contribution in [2.45, 2.75) is 12.8 Å². The topological polar surface area (TPSA) is 66.4 Å². The second-order valence-corrected chi connectivity index (χ2v) is 7.35. The number of amides is 1. The summed E-state index contributed by atoms with van der Waals surface area (Å²) in [6.45, 7) is 0. The molecular formula is C14H12Br3NO3. The van der Waals surface area contributed by atoms with Gasteiger partial charge in [-0.3, -0.25) is 9.59 Å². The largest absolute Gasteiger partial charge is 0.481 e. The zero-order valence-corrected chi connectivity index (χ0v) is 15.5. The van der Waals surface area contributed by atoms with E-state index in [4.69, 9.17) is 0 Å². The lowest BCUT2D eigenvalue weighted by atomic mass is 9.82. The summed E-state index contributed by atoms with van der Waals surface area (Å²) in [5, 5.41) is 12.0. The summed E-state index contributed by atoms with van der Waals surface area (Å²) in [4.78, 5) is 23.7. The molecule has 1 aromatic rings. The van der Waals surface area contributed by atoms with Crippen LogP contribution in [0.15, 0.2) is 37.7 Å². The van der Waals surface area contributed by atoms with Gasteiger partial charge in [0, 0.05) is 13.4 Å². The quantitative estimate of drug-likeness (QED) is 0.621. The van der Waals surface area contributed by atoms with Gasteiger partial charge in [0.15, 0.2) is 0 Å². The number of nitrogens with one attached hydrogen (secondary N) is 1. The van der Waals surface area contributed by atoms with E-state index in [0.29, 0.717) is 18.5 Å². The molecule has 0 radical (unpaired) electrons. The van der Waals surface area contributed by atoms with E-state index in [9.17, 15) is 14.7 Å². The second kappa shape index (κ2) is 7.07. The van der Waals surface area contributed by atoms with Crippen LogP contribution in [0.1, 0.15) is 12.8 Å². The molecule has 0 saturated heterocycles. The normalized spacial score (nSPS) is 21.1. The summed E-state index contributed by atoms with van der Waals surface area (Å²) in [6, 6.07) is 3.63. The molecule has 2 rings (SSSR count). The number of allylic oxidation sites excluding steroid dienone is 2. The van der Waals surface area contributed by atoms with Gasteiger partial charge in [0.25, 0.3) is 0 Å². The highest BCUT2D eigenvalue weighted by Crippen LogP contribution is 2.35. The Morgan fingerprint density at radius 2 is 1.57 bits per heavy atom. The number of halogens is 3. The van der Waals surface area contributed by atoms with Gasteiger partial charge in [0.1, 0.15) is 0 Å². The molecule has 0 unspecified atom stereocenters. The van der Waals surface area contributed by atoms with Crippen LogP contribution in [-0.4, -0.2) is 17.0 Å². The number of carbonyl (C=O) groups excluding carboxylic acids is 1. The van der Waals surface area contributed by atoms with Crippen molar-refractivity contribution in [1.29, 1.82) is 0 Å². The first-order valence-corrected chi connectivity index (χ1v) is 8.61. The second-order valence-electron chi connectivity index (χ2n) is 4.73. The van der Waals surface area contributed by atoms with E-state index in [1.165, 1.54) is 0 Å². The van der Waals surface area contributed by atoms with Crippen LogP contribution < -0.4 is 5.32 Å². The standard InChI is InChI=1S/C14H12Br3NO3/c15-7-5-10(16)12(11(17)6-7)18-13(19)8-3-1-2-4-9(8)14(20)21/h1-2,5-6,8-9H,3-4H2,(H,18,19)(H,20,21)/t8-,9+/m1/s1. The van der Waals surface area contributed by atoms with Gasteiger partial charge in [-0.1, -0.05) is 28.1 Å². The smallest absolute Gasteiger partial charge is 0.307 e. The number of hydrogen-bond acceptors (Lipinski definition) is 2. The molecule has 0 saturated carbocycles. The van der Waals surface area contributed by atoms with Crippen LogP contribution in [-0.2, 0) is 9.59 Å². The van der Waals surface area contributed by atoms with Gasteiger partial charge in [-0.2, -0.15) is 0 Å². The summed E-state index contributed by atoms with van der Waals surface area (Å²) in [6.07, 6.45) is 4.49. The van der Waals surface area contributed by atoms with Crippen molar-refractivity contribution >= 4 is 65.4 Å². The highest BCUT2D eigenvalue weighted by Gasteiger charge is 2.34. The first kappa shape index (κ1) is 16.7. The minimum absolute atomic E-state index is 0.282.